The van der Waals surface area contributed by atoms with E-state index in [2.05, 4.69) is 31.4 Å². The molecule has 3 rings (SSSR count). The van der Waals surface area contributed by atoms with Gasteiger partial charge in [-0.15, -0.1) is 10.2 Å². The molecule has 0 fully saturated rings. The first-order valence-electron chi connectivity index (χ1n) is 6.70. The van der Waals surface area contributed by atoms with Gasteiger partial charge in [0.05, 0.1) is 0 Å². The molecular formula is C15H13BrN4OS. The Kier molecular flexibility index (Phi) is 4.74. The zero-order valence-electron chi connectivity index (χ0n) is 11.6. The van der Waals surface area contributed by atoms with Crippen LogP contribution in [0.4, 0.5) is 5.69 Å². The quantitative estimate of drug-likeness (QED) is 0.690. The number of anilines is 1. The molecule has 1 N–H and O–H groups in total. The van der Waals surface area contributed by atoms with Crippen LogP contribution < -0.4 is 5.32 Å². The molecule has 2 aromatic heterocycles. The van der Waals surface area contributed by atoms with E-state index in [1.165, 1.54) is 11.8 Å². The number of pyridine rings is 1. The van der Waals surface area contributed by atoms with E-state index >= 15 is 0 Å². The van der Waals surface area contributed by atoms with Gasteiger partial charge in [0.2, 0.25) is 5.91 Å². The number of nitrogens with one attached hydrogen (secondary N) is 1. The maximum absolute atomic E-state index is 11.9. The molecule has 0 spiro atoms. The number of hydrogen-bond acceptors (Lipinski definition) is 4. The van der Waals surface area contributed by atoms with Crippen molar-refractivity contribution in [3.8, 4) is 0 Å². The lowest BCUT2D eigenvalue weighted by atomic mass is 10.3. The minimum atomic E-state index is -0.0105. The van der Waals surface area contributed by atoms with Gasteiger partial charge in [0.25, 0.3) is 0 Å². The second-order valence-corrected chi connectivity index (χ2v) is 6.54. The summed E-state index contributed by atoms with van der Waals surface area (Å²) in [5.41, 5.74) is 1.61. The summed E-state index contributed by atoms with van der Waals surface area (Å²) in [6.07, 6.45) is 2.34. The highest BCUT2D eigenvalue weighted by atomic mass is 79.9. The Morgan fingerprint density at radius 2 is 2.00 bits per heavy atom. The molecule has 0 aliphatic heterocycles. The topological polar surface area (TPSA) is 59.3 Å². The first-order valence-corrected chi connectivity index (χ1v) is 8.48. The fraction of sp³-hybridized carbons (Fsp3) is 0.133. The number of carbonyl (C=O) groups excluding carboxylic acids is 1. The number of fused-ring (bicyclic) bond motifs is 1. The maximum Gasteiger partial charge on any atom is 0.225 e. The number of amides is 1. The molecule has 0 bridgehead atoms. The normalized spacial score (nSPS) is 10.8. The molecule has 5 nitrogen and oxygen atoms in total. The first-order chi connectivity index (χ1) is 10.7. The third-order valence-electron chi connectivity index (χ3n) is 2.97. The predicted molar refractivity (Wildman–Crippen MR) is 91.1 cm³/mol. The van der Waals surface area contributed by atoms with Crippen LogP contribution in [0.15, 0.2) is 58.3 Å². The average molecular weight is 377 g/mol. The molecule has 7 heteroatoms. The summed E-state index contributed by atoms with van der Waals surface area (Å²) < 4.78 is 2.90. The number of thioether (sulfide) groups is 1. The van der Waals surface area contributed by atoms with Gasteiger partial charge in [-0.2, -0.15) is 0 Å². The van der Waals surface area contributed by atoms with Gasteiger partial charge in [0, 0.05) is 28.5 Å². The third-order valence-corrected chi connectivity index (χ3v) is 4.44. The smallest absolute Gasteiger partial charge is 0.225 e. The van der Waals surface area contributed by atoms with Crippen LogP contribution in [-0.2, 0) is 4.79 Å². The summed E-state index contributed by atoms with van der Waals surface area (Å²) in [5, 5.41) is 11.9. The number of carbonyl (C=O) groups is 1. The number of halogens is 1. The van der Waals surface area contributed by atoms with E-state index in [9.17, 15) is 4.79 Å². The number of benzene rings is 1. The largest absolute Gasteiger partial charge is 0.326 e. The molecule has 3 aromatic rings. The second-order valence-electron chi connectivity index (χ2n) is 4.56. The minimum absolute atomic E-state index is 0.0105. The average Bonchev–Trinajstić information content (AvgIpc) is 2.93. The molecule has 0 radical (unpaired) electrons. The van der Waals surface area contributed by atoms with Crippen molar-refractivity contribution in [2.24, 2.45) is 0 Å². The molecule has 2 heterocycles. The minimum Gasteiger partial charge on any atom is -0.326 e. The van der Waals surface area contributed by atoms with Crippen LogP contribution in [0, 0.1) is 0 Å². The van der Waals surface area contributed by atoms with Crippen LogP contribution in [0.2, 0.25) is 0 Å². The van der Waals surface area contributed by atoms with Crippen molar-refractivity contribution in [3.05, 3.63) is 53.1 Å². The van der Waals surface area contributed by atoms with Crippen molar-refractivity contribution in [1.82, 2.24) is 14.6 Å². The summed E-state index contributed by atoms with van der Waals surface area (Å²) in [6.45, 7) is 0. The molecular weight excluding hydrogens is 364 g/mol. The summed E-state index contributed by atoms with van der Waals surface area (Å²) in [5.74, 6) is 0.640. The number of nitrogens with zero attached hydrogens (tertiary/aromatic N) is 3. The van der Waals surface area contributed by atoms with Crippen LogP contribution in [0.25, 0.3) is 5.65 Å². The molecule has 22 heavy (non-hydrogen) atoms. The van der Waals surface area contributed by atoms with Crippen LogP contribution in [0.3, 0.4) is 0 Å². The summed E-state index contributed by atoms with van der Waals surface area (Å²) in [4.78, 5) is 11.9. The Balaban J connectivity index is 1.52. The molecule has 0 unspecified atom stereocenters. The highest BCUT2D eigenvalue weighted by molar-refractivity contribution is 9.10. The molecule has 0 saturated heterocycles. The summed E-state index contributed by atoms with van der Waals surface area (Å²) >= 11 is 4.88. The van der Waals surface area contributed by atoms with Crippen molar-refractivity contribution >= 4 is 44.9 Å². The zero-order valence-corrected chi connectivity index (χ0v) is 14.0. The van der Waals surface area contributed by atoms with Crippen molar-refractivity contribution < 1.29 is 4.79 Å². The molecule has 112 valence electrons. The standard InChI is InChI=1S/C15H13BrN4OS/c16-11-4-6-12(7-5-11)17-14(21)8-10-22-15-19-18-13-3-1-2-9-20(13)15/h1-7,9H,8,10H2,(H,17,21). The van der Waals surface area contributed by atoms with Gasteiger partial charge in [-0.05, 0) is 36.4 Å². The Morgan fingerprint density at radius 1 is 1.18 bits per heavy atom. The summed E-state index contributed by atoms with van der Waals surface area (Å²) in [7, 11) is 0. The number of rotatable bonds is 5. The Hall–Kier alpha value is -1.86. The van der Waals surface area contributed by atoms with Gasteiger partial charge in [0.1, 0.15) is 0 Å². The Labute approximate surface area is 140 Å². The van der Waals surface area contributed by atoms with E-state index < -0.39 is 0 Å². The van der Waals surface area contributed by atoms with Crippen molar-refractivity contribution in [2.75, 3.05) is 11.1 Å². The van der Waals surface area contributed by atoms with E-state index in [1.807, 2.05) is 53.1 Å². The Morgan fingerprint density at radius 3 is 2.82 bits per heavy atom. The van der Waals surface area contributed by atoms with E-state index in [1.54, 1.807) is 0 Å². The van der Waals surface area contributed by atoms with Gasteiger partial charge in [0.15, 0.2) is 10.8 Å². The van der Waals surface area contributed by atoms with Gasteiger partial charge in [-0.1, -0.05) is 33.8 Å². The van der Waals surface area contributed by atoms with Crippen molar-refractivity contribution in [3.63, 3.8) is 0 Å². The van der Waals surface area contributed by atoms with Gasteiger partial charge >= 0.3 is 0 Å². The number of hydrogen-bond donors (Lipinski definition) is 1. The fourth-order valence-corrected chi connectivity index (χ4v) is 3.04. The van der Waals surface area contributed by atoms with Gasteiger partial charge in [-0.25, -0.2) is 0 Å². The molecule has 0 saturated carbocycles. The lowest BCUT2D eigenvalue weighted by Gasteiger charge is -2.04. The molecule has 0 atom stereocenters. The van der Waals surface area contributed by atoms with Crippen LogP contribution in [0.5, 0.6) is 0 Å². The van der Waals surface area contributed by atoms with Crippen molar-refractivity contribution in [1.29, 1.82) is 0 Å². The van der Waals surface area contributed by atoms with E-state index in [0.29, 0.717) is 12.2 Å². The van der Waals surface area contributed by atoms with E-state index in [0.717, 1.165) is 21.0 Å². The SMILES string of the molecule is O=C(CCSc1nnc2ccccn12)Nc1ccc(Br)cc1. The van der Waals surface area contributed by atoms with Crippen LogP contribution in [0.1, 0.15) is 6.42 Å². The lowest BCUT2D eigenvalue weighted by molar-refractivity contribution is -0.115. The number of aromatic nitrogens is 3. The van der Waals surface area contributed by atoms with Gasteiger partial charge in [-0.3, -0.25) is 9.20 Å². The van der Waals surface area contributed by atoms with E-state index in [4.69, 9.17) is 0 Å². The highest BCUT2D eigenvalue weighted by Crippen LogP contribution is 2.18. The highest BCUT2D eigenvalue weighted by Gasteiger charge is 2.07. The van der Waals surface area contributed by atoms with Gasteiger partial charge < -0.3 is 5.32 Å². The van der Waals surface area contributed by atoms with E-state index in [-0.39, 0.29) is 5.91 Å². The van der Waals surface area contributed by atoms with Crippen LogP contribution >= 0.6 is 27.7 Å². The fourth-order valence-electron chi connectivity index (χ4n) is 1.91. The zero-order chi connectivity index (χ0) is 15.4. The summed E-state index contributed by atoms with van der Waals surface area (Å²) in [6, 6.07) is 13.3. The lowest BCUT2D eigenvalue weighted by Crippen LogP contribution is -2.12. The Bertz CT molecular complexity index is 788. The second kappa shape index (κ2) is 6.93. The molecule has 1 aromatic carbocycles. The monoisotopic (exact) mass is 376 g/mol. The third kappa shape index (κ3) is 3.66. The predicted octanol–water partition coefficient (Wildman–Crippen LogP) is 3.61. The molecule has 1 amide bonds. The first kappa shape index (κ1) is 15.1. The maximum atomic E-state index is 11.9. The molecule has 0 aliphatic rings. The van der Waals surface area contributed by atoms with Crippen molar-refractivity contribution in [2.45, 2.75) is 11.6 Å². The molecule has 0 aliphatic carbocycles. The van der Waals surface area contributed by atoms with Crippen LogP contribution in [-0.4, -0.2) is 26.3 Å².